The lowest BCUT2D eigenvalue weighted by molar-refractivity contribution is -0.142. The van der Waals surface area contributed by atoms with E-state index in [4.69, 9.17) is 28.7 Å². The summed E-state index contributed by atoms with van der Waals surface area (Å²) in [7, 11) is 0. The maximum atomic E-state index is 14.7. The Bertz CT molecular complexity index is 2620. The molecule has 0 radical (unpaired) electrons. The normalized spacial score (nSPS) is 12.9. The van der Waals surface area contributed by atoms with Gasteiger partial charge in [0.1, 0.15) is 30.2 Å². The molecule has 0 aliphatic rings. The number of rotatable bonds is 30. The number of hydrogen-bond donors (Lipinski definition) is 13. The molecule has 0 spiro atoms. The van der Waals surface area contributed by atoms with Gasteiger partial charge < -0.3 is 71.0 Å². The molecule has 5 atom stereocenters. The number of aliphatic carboxylic acids is 1. The fraction of sp³-hybridized carbons (Fsp3) is 0.400. The molecular formula is C50H68N14O9. The van der Waals surface area contributed by atoms with E-state index >= 15 is 0 Å². The van der Waals surface area contributed by atoms with Crippen LogP contribution in [0.5, 0.6) is 0 Å². The summed E-state index contributed by atoms with van der Waals surface area (Å²) in [5, 5.41) is 31.2. The van der Waals surface area contributed by atoms with Gasteiger partial charge >= 0.3 is 5.97 Å². The van der Waals surface area contributed by atoms with Crippen molar-refractivity contribution in [1.29, 1.82) is 0 Å². The van der Waals surface area contributed by atoms with E-state index < -0.39 is 90.6 Å². The zero-order valence-electron chi connectivity index (χ0n) is 40.9. The summed E-state index contributed by atoms with van der Waals surface area (Å²) in [6, 6.07) is 19.8. The Labute approximate surface area is 422 Å². The van der Waals surface area contributed by atoms with Crippen LogP contribution in [0, 0.1) is 0 Å². The highest BCUT2D eigenvalue weighted by atomic mass is 16.4. The molecule has 0 aliphatic heterocycles. The zero-order chi connectivity index (χ0) is 53.3. The van der Waals surface area contributed by atoms with Gasteiger partial charge in [0.2, 0.25) is 41.4 Å². The van der Waals surface area contributed by atoms with Crippen LogP contribution in [0.4, 0.5) is 0 Å². The Morgan fingerprint density at radius 2 is 0.932 bits per heavy atom. The number of hydrogen-bond acceptors (Lipinski definition) is 11. The third kappa shape index (κ3) is 20.5. The minimum atomic E-state index is -1.37. The Hall–Kier alpha value is -8.34. The molecule has 73 heavy (non-hydrogen) atoms. The summed E-state index contributed by atoms with van der Waals surface area (Å²) >= 11 is 0. The molecule has 0 aromatic heterocycles. The van der Waals surface area contributed by atoms with Crippen molar-refractivity contribution >= 4 is 80.8 Å². The van der Waals surface area contributed by atoms with Gasteiger partial charge in [-0.2, -0.15) is 0 Å². The number of aliphatic imine (C=N–C) groups is 2. The number of carboxylic acids is 1. The fourth-order valence-corrected chi connectivity index (χ4v) is 7.76. The second-order valence-electron chi connectivity index (χ2n) is 17.3. The minimum Gasteiger partial charge on any atom is -0.480 e. The maximum absolute atomic E-state index is 14.7. The number of unbranched alkanes of at least 4 members (excludes halogenated alkanes) is 1. The van der Waals surface area contributed by atoms with Crippen LogP contribution >= 0.6 is 0 Å². The topological polar surface area (TPSA) is 396 Å². The van der Waals surface area contributed by atoms with Crippen LogP contribution in [0.2, 0.25) is 0 Å². The largest absolute Gasteiger partial charge is 0.480 e. The number of carboxylic acid groups (broad SMARTS) is 1. The van der Waals surface area contributed by atoms with Crippen molar-refractivity contribution in [3.63, 3.8) is 0 Å². The molecule has 392 valence electrons. The number of fused-ring (bicyclic) bond motifs is 2. The monoisotopic (exact) mass is 1010 g/mol. The SMILES string of the molecule is CC(=O)N[C@@H](CCCN=C(N)N)C(=O)N[C@@H](CCCN=C(N)N)C(=O)N[C@@H](Cc1ccc2ccccc2c1)C(=O)N[C@H](Cc1ccc2ccccc2c1)C(=O)NCC(=O)NCC(=O)N[C@@H](CCCCN)C(=O)O. The summed E-state index contributed by atoms with van der Waals surface area (Å²) < 4.78 is 0. The molecule has 7 amide bonds. The number of nitrogens with zero attached hydrogens (tertiary/aromatic N) is 2. The molecule has 0 bridgehead atoms. The van der Waals surface area contributed by atoms with Crippen molar-refractivity contribution in [2.45, 2.75) is 94.9 Å². The number of amides is 7. The second-order valence-corrected chi connectivity index (χ2v) is 17.3. The molecule has 23 nitrogen and oxygen atoms in total. The molecule has 0 saturated carbocycles. The van der Waals surface area contributed by atoms with Gasteiger partial charge in [0.15, 0.2) is 11.9 Å². The summed E-state index contributed by atoms with van der Waals surface area (Å²) in [4.78, 5) is 114. The quantitative estimate of drug-likeness (QED) is 0.0165. The first-order valence-electron chi connectivity index (χ1n) is 23.9. The molecule has 0 saturated heterocycles. The highest BCUT2D eigenvalue weighted by Gasteiger charge is 2.32. The van der Waals surface area contributed by atoms with Gasteiger partial charge in [0.05, 0.1) is 13.1 Å². The molecule has 23 heteroatoms. The van der Waals surface area contributed by atoms with Crippen molar-refractivity contribution in [2.24, 2.45) is 38.7 Å². The standard InChI is InChI=1S/C50H68N14O9/c1-30(65)60-37(15-8-22-56-49(52)53)45(69)62-38(16-9-23-57-50(54)55)46(70)64-41(27-32-18-20-34-11-3-5-13-36(34)25-32)47(71)63-40(26-31-17-19-33-10-2-4-12-35(33)24-31)44(68)59-28-42(66)58-29-43(67)61-39(48(72)73)14-6-7-21-51/h2-5,10-13,17-20,24-25,37-41H,6-9,14-16,21-23,26-29,51H2,1H3,(H,58,66)(H,59,68)(H,60,65)(H,61,67)(H,62,69)(H,63,71)(H,64,70)(H,72,73)(H4,52,53,56)(H4,54,55,57)/t37-,38-,39-,40+,41-/m0/s1. The zero-order valence-corrected chi connectivity index (χ0v) is 40.9. The van der Waals surface area contributed by atoms with E-state index in [1.807, 2.05) is 72.8 Å². The number of nitrogens with one attached hydrogen (secondary N) is 7. The van der Waals surface area contributed by atoms with Gasteiger partial charge in [-0.25, -0.2) is 4.79 Å². The van der Waals surface area contributed by atoms with E-state index in [0.717, 1.165) is 21.5 Å². The smallest absolute Gasteiger partial charge is 0.326 e. The number of benzene rings is 4. The van der Waals surface area contributed by atoms with Crippen LogP contribution in [-0.4, -0.2) is 127 Å². The average Bonchev–Trinajstić information content (AvgIpc) is 3.35. The third-order valence-electron chi connectivity index (χ3n) is 11.4. The van der Waals surface area contributed by atoms with Gasteiger partial charge in [-0.05, 0) is 84.2 Å². The Balaban J connectivity index is 1.62. The van der Waals surface area contributed by atoms with Crippen molar-refractivity contribution in [3.8, 4) is 0 Å². The van der Waals surface area contributed by atoms with Gasteiger partial charge in [-0.15, -0.1) is 0 Å². The summed E-state index contributed by atoms with van der Waals surface area (Å²) in [6.07, 6.45) is 1.62. The second kappa shape index (κ2) is 29.8. The van der Waals surface area contributed by atoms with Crippen LogP contribution < -0.4 is 65.9 Å². The van der Waals surface area contributed by atoms with Gasteiger partial charge in [-0.3, -0.25) is 43.5 Å². The van der Waals surface area contributed by atoms with Crippen molar-refractivity contribution in [2.75, 3.05) is 32.7 Å². The number of nitrogens with two attached hydrogens (primary N) is 5. The fourth-order valence-electron chi connectivity index (χ4n) is 7.76. The Kier molecular flexibility index (Phi) is 23.3. The van der Waals surface area contributed by atoms with Crippen LogP contribution in [0.15, 0.2) is 94.9 Å². The van der Waals surface area contributed by atoms with Crippen LogP contribution in [-0.2, 0) is 51.2 Å². The lowest BCUT2D eigenvalue weighted by Crippen LogP contribution is -2.59. The first-order valence-corrected chi connectivity index (χ1v) is 23.9. The summed E-state index contributed by atoms with van der Waals surface area (Å²) in [5.41, 5.74) is 28.7. The lowest BCUT2D eigenvalue weighted by atomic mass is 9.98. The third-order valence-corrected chi connectivity index (χ3v) is 11.4. The van der Waals surface area contributed by atoms with E-state index in [0.29, 0.717) is 36.9 Å². The van der Waals surface area contributed by atoms with E-state index in [1.54, 1.807) is 12.1 Å². The van der Waals surface area contributed by atoms with Crippen LogP contribution in [0.3, 0.4) is 0 Å². The molecule has 4 rings (SSSR count). The highest BCUT2D eigenvalue weighted by molar-refractivity contribution is 5.97. The minimum absolute atomic E-state index is 0.00882. The van der Waals surface area contributed by atoms with E-state index in [1.165, 1.54) is 6.92 Å². The lowest BCUT2D eigenvalue weighted by Gasteiger charge is -2.27. The van der Waals surface area contributed by atoms with Gasteiger partial charge in [-0.1, -0.05) is 84.9 Å². The molecule has 0 heterocycles. The first-order chi connectivity index (χ1) is 34.9. The Morgan fingerprint density at radius 1 is 0.493 bits per heavy atom. The molecular weight excluding hydrogens is 941 g/mol. The number of carbonyl (C=O) groups excluding carboxylic acids is 7. The summed E-state index contributed by atoms with van der Waals surface area (Å²) in [5.74, 6) is -6.66. The highest BCUT2D eigenvalue weighted by Crippen LogP contribution is 2.19. The Morgan fingerprint density at radius 3 is 1.41 bits per heavy atom. The first kappa shape index (κ1) is 57.2. The molecule has 4 aromatic rings. The van der Waals surface area contributed by atoms with E-state index in [2.05, 4.69) is 47.2 Å². The predicted molar refractivity (Wildman–Crippen MR) is 277 cm³/mol. The van der Waals surface area contributed by atoms with E-state index in [9.17, 15) is 43.5 Å². The molecule has 18 N–H and O–H groups in total. The van der Waals surface area contributed by atoms with Crippen molar-refractivity contribution < 1.29 is 43.5 Å². The van der Waals surface area contributed by atoms with Crippen LogP contribution in [0.1, 0.15) is 63.0 Å². The van der Waals surface area contributed by atoms with Crippen LogP contribution in [0.25, 0.3) is 21.5 Å². The van der Waals surface area contributed by atoms with Gasteiger partial charge in [0.25, 0.3) is 0 Å². The molecule has 0 unspecified atom stereocenters. The maximum Gasteiger partial charge on any atom is 0.326 e. The molecule has 0 fully saturated rings. The van der Waals surface area contributed by atoms with E-state index in [-0.39, 0.29) is 63.5 Å². The number of guanidine groups is 2. The molecule has 4 aromatic carbocycles. The van der Waals surface area contributed by atoms with Crippen molar-refractivity contribution in [3.05, 3.63) is 96.1 Å². The van der Waals surface area contributed by atoms with Crippen molar-refractivity contribution in [1.82, 2.24) is 37.2 Å². The van der Waals surface area contributed by atoms with Gasteiger partial charge in [0, 0.05) is 32.9 Å². The molecule has 0 aliphatic carbocycles. The summed E-state index contributed by atoms with van der Waals surface area (Å²) in [6.45, 7) is 0.652. The number of carbonyl (C=O) groups is 8. The average molecular weight is 1010 g/mol. The predicted octanol–water partition coefficient (Wildman–Crippen LogP) is -1.22.